The van der Waals surface area contributed by atoms with Crippen LogP contribution in [0.1, 0.15) is 50.7 Å². The van der Waals surface area contributed by atoms with Gasteiger partial charge in [-0.15, -0.1) is 5.10 Å². The fourth-order valence-electron chi connectivity index (χ4n) is 2.12. The average Bonchev–Trinajstić information content (AvgIpc) is 2.93. The first-order chi connectivity index (χ1) is 9.63. The molecule has 0 saturated heterocycles. The summed E-state index contributed by atoms with van der Waals surface area (Å²) in [6.07, 6.45) is 1.09. The third-order valence-electron chi connectivity index (χ3n) is 3.30. The first-order valence-corrected chi connectivity index (χ1v) is 7.69. The van der Waals surface area contributed by atoms with Gasteiger partial charge in [0, 0.05) is 4.47 Å². The third-order valence-corrected chi connectivity index (χ3v) is 3.80. The SMILES string of the molecule is CCCNC(C)c1nnnn1C(C)c1cccc(Br)c1. The number of aromatic nitrogens is 4. The molecule has 0 aliphatic rings. The number of rotatable bonds is 6. The van der Waals surface area contributed by atoms with Crippen LogP contribution in [-0.2, 0) is 0 Å². The van der Waals surface area contributed by atoms with Crippen molar-refractivity contribution in [2.75, 3.05) is 6.54 Å². The zero-order valence-corrected chi connectivity index (χ0v) is 13.6. The number of nitrogens with one attached hydrogen (secondary N) is 1. The smallest absolute Gasteiger partial charge is 0.168 e. The predicted molar refractivity (Wildman–Crippen MR) is 82.5 cm³/mol. The van der Waals surface area contributed by atoms with E-state index >= 15 is 0 Å². The van der Waals surface area contributed by atoms with Gasteiger partial charge in [0.1, 0.15) is 0 Å². The highest BCUT2D eigenvalue weighted by Gasteiger charge is 2.19. The molecule has 2 unspecified atom stereocenters. The zero-order chi connectivity index (χ0) is 14.5. The molecule has 0 radical (unpaired) electrons. The standard InChI is InChI=1S/C14H20BrN5/c1-4-8-16-10(2)14-17-18-19-20(14)11(3)12-6-5-7-13(15)9-12/h5-7,9-11,16H,4,8H2,1-3H3. The second-order valence-electron chi connectivity index (χ2n) is 4.89. The van der Waals surface area contributed by atoms with Crippen LogP contribution in [-0.4, -0.2) is 26.8 Å². The normalized spacial score (nSPS) is 14.2. The molecule has 1 N–H and O–H groups in total. The molecule has 20 heavy (non-hydrogen) atoms. The highest BCUT2D eigenvalue weighted by Crippen LogP contribution is 2.23. The molecule has 2 atom stereocenters. The van der Waals surface area contributed by atoms with Crippen molar-refractivity contribution in [2.45, 2.75) is 39.3 Å². The lowest BCUT2D eigenvalue weighted by atomic mass is 10.1. The van der Waals surface area contributed by atoms with Crippen LogP contribution in [0.5, 0.6) is 0 Å². The Morgan fingerprint density at radius 3 is 2.85 bits per heavy atom. The molecule has 5 nitrogen and oxygen atoms in total. The van der Waals surface area contributed by atoms with Crippen LogP contribution < -0.4 is 5.32 Å². The molecular weight excluding hydrogens is 318 g/mol. The van der Waals surface area contributed by atoms with Crippen LogP contribution in [0.25, 0.3) is 0 Å². The summed E-state index contributed by atoms with van der Waals surface area (Å²) >= 11 is 3.50. The van der Waals surface area contributed by atoms with Gasteiger partial charge in [-0.2, -0.15) is 0 Å². The van der Waals surface area contributed by atoms with Crippen LogP contribution in [0.3, 0.4) is 0 Å². The third kappa shape index (κ3) is 3.43. The van der Waals surface area contributed by atoms with Gasteiger partial charge in [-0.05, 0) is 54.9 Å². The number of nitrogens with zero attached hydrogens (tertiary/aromatic N) is 4. The van der Waals surface area contributed by atoms with Crippen LogP contribution >= 0.6 is 15.9 Å². The lowest BCUT2D eigenvalue weighted by molar-refractivity contribution is 0.464. The fraction of sp³-hybridized carbons (Fsp3) is 0.500. The van der Waals surface area contributed by atoms with Crippen molar-refractivity contribution in [3.63, 3.8) is 0 Å². The number of halogens is 1. The van der Waals surface area contributed by atoms with Crippen LogP contribution in [0.15, 0.2) is 28.7 Å². The summed E-state index contributed by atoms with van der Waals surface area (Å²) < 4.78 is 2.95. The first-order valence-electron chi connectivity index (χ1n) is 6.90. The quantitative estimate of drug-likeness (QED) is 0.879. The maximum absolute atomic E-state index is 4.17. The Kier molecular flexibility index (Phi) is 5.25. The number of tetrazole rings is 1. The first kappa shape index (κ1) is 15.1. The van der Waals surface area contributed by atoms with E-state index in [2.05, 4.69) is 69.7 Å². The molecule has 0 amide bonds. The molecule has 0 aliphatic heterocycles. The Hall–Kier alpha value is -1.27. The summed E-state index contributed by atoms with van der Waals surface area (Å²) in [4.78, 5) is 0. The van der Waals surface area contributed by atoms with Crippen molar-refractivity contribution in [3.8, 4) is 0 Å². The van der Waals surface area contributed by atoms with E-state index in [1.54, 1.807) is 0 Å². The van der Waals surface area contributed by atoms with Crippen LogP contribution in [0, 0.1) is 0 Å². The molecule has 108 valence electrons. The zero-order valence-electron chi connectivity index (χ0n) is 12.0. The van der Waals surface area contributed by atoms with Crippen molar-refractivity contribution in [3.05, 3.63) is 40.1 Å². The Morgan fingerprint density at radius 1 is 1.35 bits per heavy atom. The molecular formula is C14H20BrN5. The van der Waals surface area contributed by atoms with E-state index < -0.39 is 0 Å². The number of hydrogen-bond acceptors (Lipinski definition) is 4. The highest BCUT2D eigenvalue weighted by atomic mass is 79.9. The van der Waals surface area contributed by atoms with E-state index in [1.165, 1.54) is 5.56 Å². The van der Waals surface area contributed by atoms with E-state index in [1.807, 2.05) is 16.8 Å². The minimum Gasteiger partial charge on any atom is -0.307 e. The topological polar surface area (TPSA) is 55.6 Å². The number of benzene rings is 1. The summed E-state index contributed by atoms with van der Waals surface area (Å²) in [5.74, 6) is 0.867. The van der Waals surface area contributed by atoms with Crippen molar-refractivity contribution >= 4 is 15.9 Å². The summed E-state index contributed by atoms with van der Waals surface area (Å²) in [5, 5.41) is 15.6. The lowest BCUT2D eigenvalue weighted by Gasteiger charge is -2.18. The lowest BCUT2D eigenvalue weighted by Crippen LogP contribution is -2.24. The molecule has 6 heteroatoms. The summed E-state index contributed by atoms with van der Waals surface area (Å²) in [5.41, 5.74) is 1.18. The summed E-state index contributed by atoms with van der Waals surface area (Å²) in [7, 11) is 0. The van der Waals surface area contributed by atoms with Gasteiger partial charge in [-0.25, -0.2) is 4.68 Å². The fourth-order valence-corrected chi connectivity index (χ4v) is 2.54. The Bertz CT molecular complexity index is 554. The second kappa shape index (κ2) is 6.95. The largest absolute Gasteiger partial charge is 0.307 e. The van der Waals surface area contributed by atoms with Gasteiger partial charge < -0.3 is 5.32 Å². The van der Waals surface area contributed by atoms with Gasteiger partial charge in [0.25, 0.3) is 0 Å². The Balaban J connectivity index is 2.23. The molecule has 0 saturated carbocycles. The van der Waals surface area contributed by atoms with Gasteiger partial charge >= 0.3 is 0 Å². The minimum atomic E-state index is 0.100. The summed E-state index contributed by atoms with van der Waals surface area (Å²) in [6, 6.07) is 8.47. The molecule has 1 aromatic heterocycles. The van der Waals surface area contributed by atoms with Gasteiger partial charge in [-0.1, -0.05) is 35.0 Å². The van der Waals surface area contributed by atoms with Gasteiger partial charge in [0.05, 0.1) is 12.1 Å². The second-order valence-corrected chi connectivity index (χ2v) is 5.80. The minimum absolute atomic E-state index is 0.100. The van der Waals surface area contributed by atoms with E-state index in [-0.39, 0.29) is 12.1 Å². The van der Waals surface area contributed by atoms with E-state index in [9.17, 15) is 0 Å². The van der Waals surface area contributed by atoms with Gasteiger partial charge in [0.15, 0.2) is 5.82 Å². The van der Waals surface area contributed by atoms with E-state index in [0.717, 1.165) is 23.3 Å². The van der Waals surface area contributed by atoms with E-state index in [0.29, 0.717) is 0 Å². The summed E-state index contributed by atoms with van der Waals surface area (Å²) in [6.45, 7) is 7.30. The molecule has 0 fully saturated rings. The molecule has 1 heterocycles. The molecule has 0 aliphatic carbocycles. The van der Waals surface area contributed by atoms with Crippen molar-refractivity contribution in [2.24, 2.45) is 0 Å². The molecule has 0 spiro atoms. The average molecular weight is 338 g/mol. The molecule has 0 bridgehead atoms. The van der Waals surface area contributed by atoms with Gasteiger partial charge in [-0.3, -0.25) is 0 Å². The number of hydrogen-bond donors (Lipinski definition) is 1. The molecule has 1 aromatic carbocycles. The molecule has 2 rings (SSSR count). The van der Waals surface area contributed by atoms with Crippen molar-refractivity contribution < 1.29 is 0 Å². The van der Waals surface area contributed by atoms with Crippen LogP contribution in [0.2, 0.25) is 0 Å². The van der Waals surface area contributed by atoms with Crippen molar-refractivity contribution in [1.29, 1.82) is 0 Å². The Labute approximate surface area is 127 Å². The maximum Gasteiger partial charge on any atom is 0.168 e. The Morgan fingerprint density at radius 2 is 2.15 bits per heavy atom. The highest BCUT2D eigenvalue weighted by molar-refractivity contribution is 9.10. The van der Waals surface area contributed by atoms with Crippen molar-refractivity contribution in [1.82, 2.24) is 25.5 Å². The molecule has 2 aromatic rings. The van der Waals surface area contributed by atoms with Gasteiger partial charge in [0.2, 0.25) is 0 Å². The van der Waals surface area contributed by atoms with E-state index in [4.69, 9.17) is 0 Å². The predicted octanol–water partition coefficient (Wildman–Crippen LogP) is 3.11. The van der Waals surface area contributed by atoms with Crippen LogP contribution in [0.4, 0.5) is 0 Å². The monoisotopic (exact) mass is 337 g/mol. The maximum atomic E-state index is 4.17.